The van der Waals surface area contributed by atoms with Crippen molar-refractivity contribution in [2.24, 2.45) is 0 Å². The Hall–Kier alpha value is -2.50. The second kappa shape index (κ2) is 5.95. The first kappa shape index (κ1) is 15.4. The zero-order chi connectivity index (χ0) is 16.6. The largest absolute Gasteiger partial charge is 0.310 e. The van der Waals surface area contributed by atoms with E-state index < -0.39 is 11.5 Å². The molecule has 3 rings (SSSR count). The zero-order valence-corrected chi connectivity index (χ0v) is 13.5. The second-order valence-corrected chi connectivity index (χ2v) is 6.27. The van der Waals surface area contributed by atoms with Gasteiger partial charge in [-0.25, -0.2) is 9.97 Å². The van der Waals surface area contributed by atoms with Gasteiger partial charge in [0.2, 0.25) is 0 Å². The van der Waals surface area contributed by atoms with Crippen molar-refractivity contribution in [3.63, 3.8) is 0 Å². The van der Waals surface area contributed by atoms with E-state index in [4.69, 9.17) is 0 Å². The van der Waals surface area contributed by atoms with Crippen molar-refractivity contribution in [3.05, 3.63) is 51.3 Å². The van der Waals surface area contributed by atoms with Crippen LogP contribution in [-0.2, 0) is 0 Å². The number of anilines is 1. The molecule has 0 aromatic carbocycles. The lowest BCUT2D eigenvalue weighted by Gasteiger charge is -2.10. The average molecular weight is 312 g/mol. The first-order valence-corrected chi connectivity index (χ1v) is 7.84. The molecule has 0 spiro atoms. The van der Waals surface area contributed by atoms with Crippen LogP contribution in [0.25, 0.3) is 0 Å². The summed E-state index contributed by atoms with van der Waals surface area (Å²) in [4.78, 5) is 35.8. The van der Waals surface area contributed by atoms with E-state index in [1.54, 1.807) is 13.1 Å². The zero-order valence-electron chi connectivity index (χ0n) is 13.5. The normalized spacial score (nSPS) is 14.1. The Morgan fingerprint density at radius 3 is 2.74 bits per heavy atom. The molecule has 1 amide bonds. The Bertz CT molecular complexity index is 806. The molecule has 2 N–H and O–H groups in total. The number of aromatic amines is 1. The van der Waals surface area contributed by atoms with Crippen molar-refractivity contribution in [1.29, 1.82) is 0 Å². The standard InChI is InChI=1S/C17H20N4O2/c1-9(2)15-19-10(3)14(17(23)21-15)16(22)20-13-8-12(6-7-18-13)11-4-5-11/h6-9,11H,4-5H2,1-3H3,(H,18,20,22)(H,19,21,23). The van der Waals surface area contributed by atoms with E-state index in [1.807, 2.05) is 26.0 Å². The summed E-state index contributed by atoms with van der Waals surface area (Å²) in [6, 6.07) is 3.83. The van der Waals surface area contributed by atoms with Gasteiger partial charge in [-0.2, -0.15) is 0 Å². The molecule has 6 nitrogen and oxygen atoms in total. The fourth-order valence-electron chi connectivity index (χ4n) is 2.51. The number of nitrogens with one attached hydrogen (secondary N) is 2. The molecule has 6 heteroatoms. The first-order valence-electron chi connectivity index (χ1n) is 7.84. The van der Waals surface area contributed by atoms with Crippen LogP contribution in [0.15, 0.2) is 23.1 Å². The molecule has 23 heavy (non-hydrogen) atoms. The molecule has 0 atom stereocenters. The number of carbonyl (C=O) groups is 1. The third-order valence-corrected chi connectivity index (χ3v) is 3.97. The summed E-state index contributed by atoms with van der Waals surface area (Å²) in [5, 5.41) is 2.70. The predicted octanol–water partition coefficient (Wildman–Crippen LogP) is 2.73. The molecule has 2 aromatic heterocycles. The van der Waals surface area contributed by atoms with Crippen molar-refractivity contribution in [1.82, 2.24) is 15.0 Å². The van der Waals surface area contributed by atoms with Gasteiger partial charge >= 0.3 is 0 Å². The molecule has 1 fully saturated rings. The monoisotopic (exact) mass is 312 g/mol. The van der Waals surface area contributed by atoms with Crippen molar-refractivity contribution in [2.45, 2.75) is 45.4 Å². The summed E-state index contributed by atoms with van der Waals surface area (Å²) in [5.74, 6) is 1.23. The van der Waals surface area contributed by atoms with Gasteiger partial charge in [0.25, 0.3) is 11.5 Å². The number of aromatic nitrogens is 3. The van der Waals surface area contributed by atoms with E-state index in [9.17, 15) is 9.59 Å². The minimum Gasteiger partial charge on any atom is -0.310 e. The van der Waals surface area contributed by atoms with Gasteiger partial charge in [0.1, 0.15) is 17.2 Å². The van der Waals surface area contributed by atoms with Crippen LogP contribution >= 0.6 is 0 Å². The van der Waals surface area contributed by atoms with E-state index in [1.165, 1.54) is 18.4 Å². The number of pyridine rings is 1. The number of nitrogens with zero attached hydrogens (tertiary/aromatic N) is 2. The number of hydrogen-bond donors (Lipinski definition) is 2. The molecule has 2 heterocycles. The first-order chi connectivity index (χ1) is 11.0. The van der Waals surface area contributed by atoms with Crippen LogP contribution in [0.2, 0.25) is 0 Å². The van der Waals surface area contributed by atoms with Crippen molar-refractivity contribution in [3.8, 4) is 0 Å². The summed E-state index contributed by atoms with van der Waals surface area (Å²) in [6.45, 7) is 5.54. The molecule has 0 aliphatic heterocycles. The number of H-pyrrole nitrogens is 1. The molecule has 1 aliphatic rings. The molecule has 0 bridgehead atoms. The summed E-state index contributed by atoms with van der Waals surface area (Å²) in [5.41, 5.74) is 1.22. The Kier molecular flexibility index (Phi) is 3.98. The number of rotatable bonds is 4. The fraction of sp³-hybridized carbons (Fsp3) is 0.412. The lowest BCUT2D eigenvalue weighted by molar-refractivity contribution is 0.102. The summed E-state index contributed by atoms with van der Waals surface area (Å²) >= 11 is 0. The Morgan fingerprint density at radius 2 is 2.13 bits per heavy atom. The van der Waals surface area contributed by atoms with Crippen molar-refractivity contribution in [2.75, 3.05) is 5.32 Å². The fourth-order valence-corrected chi connectivity index (χ4v) is 2.51. The molecule has 0 radical (unpaired) electrons. The Labute approximate surface area is 134 Å². The van der Waals surface area contributed by atoms with Crippen molar-refractivity contribution < 1.29 is 4.79 Å². The molecule has 2 aromatic rings. The average Bonchev–Trinajstić information content (AvgIpc) is 3.31. The van der Waals surface area contributed by atoms with Gasteiger partial charge < -0.3 is 10.3 Å². The molecule has 1 aliphatic carbocycles. The maximum absolute atomic E-state index is 12.4. The minimum absolute atomic E-state index is 0.0352. The number of carbonyl (C=O) groups excluding carboxylic acids is 1. The predicted molar refractivity (Wildman–Crippen MR) is 87.8 cm³/mol. The van der Waals surface area contributed by atoms with Gasteiger partial charge in [-0.15, -0.1) is 0 Å². The minimum atomic E-state index is -0.480. The van der Waals surface area contributed by atoms with Crippen LogP contribution in [0.5, 0.6) is 0 Å². The molecular weight excluding hydrogens is 292 g/mol. The van der Waals surface area contributed by atoms with Gasteiger partial charge in [0.05, 0.1) is 5.69 Å². The lowest BCUT2D eigenvalue weighted by Crippen LogP contribution is -2.27. The van der Waals surface area contributed by atoms with Gasteiger partial charge in [0, 0.05) is 12.1 Å². The van der Waals surface area contributed by atoms with E-state index in [2.05, 4.69) is 20.3 Å². The lowest BCUT2D eigenvalue weighted by atomic mass is 10.1. The van der Waals surface area contributed by atoms with Crippen LogP contribution < -0.4 is 10.9 Å². The van der Waals surface area contributed by atoms with Crippen LogP contribution in [0.4, 0.5) is 5.82 Å². The van der Waals surface area contributed by atoms with E-state index in [-0.39, 0.29) is 11.5 Å². The topological polar surface area (TPSA) is 87.7 Å². The van der Waals surface area contributed by atoms with Gasteiger partial charge in [0.15, 0.2) is 0 Å². The Balaban J connectivity index is 1.86. The van der Waals surface area contributed by atoms with E-state index >= 15 is 0 Å². The molecule has 120 valence electrons. The Morgan fingerprint density at radius 1 is 1.39 bits per heavy atom. The highest BCUT2D eigenvalue weighted by Gasteiger charge is 2.24. The summed E-state index contributed by atoms with van der Waals surface area (Å²) in [7, 11) is 0. The van der Waals surface area contributed by atoms with Crippen LogP contribution in [-0.4, -0.2) is 20.9 Å². The summed E-state index contributed by atoms with van der Waals surface area (Å²) in [6.07, 6.45) is 4.04. The number of aryl methyl sites for hydroxylation is 1. The highest BCUT2D eigenvalue weighted by atomic mass is 16.2. The molecular formula is C17H20N4O2. The van der Waals surface area contributed by atoms with Gasteiger partial charge in [-0.05, 0) is 43.4 Å². The maximum atomic E-state index is 12.4. The van der Waals surface area contributed by atoms with Crippen LogP contribution in [0, 0.1) is 6.92 Å². The summed E-state index contributed by atoms with van der Waals surface area (Å²) < 4.78 is 0. The highest BCUT2D eigenvalue weighted by molar-refractivity contribution is 6.04. The van der Waals surface area contributed by atoms with Crippen LogP contribution in [0.1, 0.15) is 66.0 Å². The SMILES string of the molecule is Cc1nc(C(C)C)[nH]c(=O)c1C(=O)Nc1cc(C2CC2)ccn1. The molecule has 0 saturated heterocycles. The highest BCUT2D eigenvalue weighted by Crippen LogP contribution is 2.40. The quantitative estimate of drug-likeness (QED) is 0.908. The third kappa shape index (κ3) is 3.31. The number of amides is 1. The second-order valence-electron chi connectivity index (χ2n) is 6.27. The van der Waals surface area contributed by atoms with E-state index in [0.717, 1.165) is 0 Å². The molecule has 0 unspecified atom stereocenters. The van der Waals surface area contributed by atoms with Crippen LogP contribution in [0.3, 0.4) is 0 Å². The van der Waals surface area contributed by atoms with Gasteiger partial charge in [-0.1, -0.05) is 13.8 Å². The number of hydrogen-bond acceptors (Lipinski definition) is 4. The third-order valence-electron chi connectivity index (χ3n) is 3.97. The molecule has 1 saturated carbocycles. The maximum Gasteiger partial charge on any atom is 0.264 e. The van der Waals surface area contributed by atoms with Crippen molar-refractivity contribution >= 4 is 11.7 Å². The smallest absolute Gasteiger partial charge is 0.264 e. The van der Waals surface area contributed by atoms with E-state index in [0.29, 0.717) is 23.3 Å². The van der Waals surface area contributed by atoms with Gasteiger partial charge in [-0.3, -0.25) is 9.59 Å².